The van der Waals surface area contributed by atoms with Gasteiger partial charge in [0.15, 0.2) is 0 Å². The lowest BCUT2D eigenvalue weighted by Crippen LogP contribution is -2.00. The Morgan fingerprint density at radius 1 is 1.05 bits per heavy atom. The Morgan fingerprint density at radius 3 is 2.52 bits per heavy atom. The molecule has 0 unspecified atom stereocenters. The van der Waals surface area contributed by atoms with Crippen LogP contribution in [0, 0.1) is 0 Å². The molecule has 3 aromatic rings. The number of hydrogen-bond acceptors (Lipinski definition) is 4. The number of aromatic nitrogens is 2. The predicted molar refractivity (Wildman–Crippen MR) is 85.3 cm³/mol. The standard InChI is InChI=1S/C17H17N3O/c1-3-11-10-15(20-17(18)19-11)13-8-9-16(21-2)14-7-5-4-6-12(13)14/h4-10H,3H2,1-2H3,(H2,18,19,20). The third kappa shape index (κ3) is 2.40. The molecule has 0 aliphatic rings. The van der Waals surface area contributed by atoms with Crippen LogP contribution in [0.1, 0.15) is 12.6 Å². The summed E-state index contributed by atoms with van der Waals surface area (Å²) in [6, 6.07) is 14.1. The number of nitrogen functional groups attached to an aromatic ring is 1. The summed E-state index contributed by atoms with van der Waals surface area (Å²) in [5.74, 6) is 1.16. The molecule has 0 bridgehead atoms. The van der Waals surface area contributed by atoms with E-state index in [2.05, 4.69) is 23.0 Å². The fourth-order valence-electron chi connectivity index (χ4n) is 2.51. The van der Waals surface area contributed by atoms with Gasteiger partial charge in [-0.3, -0.25) is 0 Å². The molecule has 0 atom stereocenters. The zero-order valence-electron chi connectivity index (χ0n) is 12.1. The topological polar surface area (TPSA) is 61.0 Å². The lowest BCUT2D eigenvalue weighted by Gasteiger charge is -2.11. The third-order valence-corrected chi connectivity index (χ3v) is 3.54. The van der Waals surface area contributed by atoms with Gasteiger partial charge in [0, 0.05) is 16.6 Å². The number of fused-ring (bicyclic) bond motifs is 1. The van der Waals surface area contributed by atoms with Gasteiger partial charge >= 0.3 is 0 Å². The third-order valence-electron chi connectivity index (χ3n) is 3.54. The Hall–Kier alpha value is -2.62. The summed E-state index contributed by atoms with van der Waals surface area (Å²) in [6.45, 7) is 2.05. The van der Waals surface area contributed by atoms with Gasteiger partial charge in [0.1, 0.15) is 5.75 Å². The quantitative estimate of drug-likeness (QED) is 0.797. The normalized spacial score (nSPS) is 10.8. The van der Waals surface area contributed by atoms with Crippen molar-refractivity contribution >= 4 is 16.7 Å². The highest BCUT2D eigenvalue weighted by Gasteiger charge is 2.10. The van der Waals surface area contributed by atoms with Crippen LogP contribution in [0.5, 0.6) is 5.75 Å². The second kappa shape index (κ2) is 5.40. The Bertz CT molecular complexity index is 799. The number of methoxy groups -OCH3 is 1. The molecule has 1 heterocycles. The van der Waals surface area contributed by atoms with Crippen LogP contribution < -0.4 is 10.5 Å². The molecule has 2 aromatic carbocycles. The summed E-state index contributed by atoms with van der Waals surface area (Å²) in [7, 11) is 1.68. The van der Waals surface area contributed by atoms with Crippen molar-refractivity contribution < 1.29 is 4.74 Å². The smallest absolute Gasteiger partial charge is 0.220 e. The van der Waals surface area contributed by atoms with Crippen molar-refractivity contribution in [2.24, 2.45) is 0 Å². The van der Waals surface area contributed by atoms with E-state index in [-0.39, 0.29) is 0 Å². The Kier molecular flexibility index (Phi) is 3.44. The summed E-state index contributed by atoms with van der Waals surface area (Å²) in [5.41, 5.74) is 8.65. The molecule has 2 N–H and O–H groups in total. The van der Waals surface area contributed by atoms with E-state index in [0.29, 0.717) is 5.95 Å². The molecule has 4 heteroatoms. The Balaban J connectivity index is 2.28. The average Bonchev–Trinajstić information content (AvgIpc) is 2.53. The number of ether oxygens (including phenoxy) is 1. The number of nitrogens with zero attached hydrogens (tertiary/aromatic N) is 2. The molecular weight excluding hydrogens is 262 g/mol. The average molecular weight is 279 g/mol. The van der Waals surface area contributed by atoms with E-state index in [4.69, 9.17) is 10.5 Å². The highest BCUT2D eigenvalue weighted by Crippen LogP contribution is 2.33. The monoisotopic (exact) mass is 279 g/mol. The lowest BCUT2D eigenvalue weighted by atomic mass is 10.0. The van der Waals surface area contributed by atoms with Crippen molar-refractivity contribution in [2.75, 3.05) is 12.8 Å². The van der Waals surface area contributed by atoms with Gasteiger partial charge in [-0.15, -0.1) is 0 Å². The zero-order chi connectivity index (χ0) is 14.8. The summed E-state index contributed by atoms with van der Waals surface area (Å²) >= 11 is 0. The van der Waals surface area contributed by atoms with Gasteiger partial charge in [-0.1, -0.05) is 31.2 Å². The van der Waals surface area contributed by atoms with E-state index in [0.717, 1.165) is 39.9 Å². The number of benzene rings is 2. The maximum atomic E-state index is 5.83. The summed E-state index contributed by atoms with van der Waals surface area (Å²) in [5, 5.41) is 2.16. The number of hydrogen-bond donors (Lipinski definition) is 1. The molecule has 0 radical (unpaired) electrons. The van der Waals surface area contributed by atoms with E-state index >= 15 is 0 Å². The van der Waals surface area contributed by atoms with Gasteiger partial charge < -0.3 is 10.5 Å². The second-order valence-corrected chi connectivity index (χ2v) is 4.82. The minimum absolute atomic E-state index is 0.309. The SMILES string of the molecule is CCc1cc(-c2ccc(OC)c3ccccc23)nc(N)n1. The zero-order valence-corrected chi connectivity index (χ0v) is 12.1. The van der Waals surface area contributed by atoms with E-state index < -0.39 is 0 Å². The largest absolute Gasteiger partial charge is 0.496 e. The molecule has 3 rings (SSSR count). The summed E-state index contributed by atoms with van der Waals surface area (Å²) in [6.07, 6.45) is 0.827. The Morgan fingerprint density at radius 2 is 1.81 bits per heavy atom. The minimum atomic E-state index is 0.309. The second-order valence-electron chi connectivity index (χ2n) is 4.82. The first-order valence-corrected chi connectivity index (χ1v) is 6.92. The molecule has 1 aromatic heterocycles. The van der Waals surface area contributed by atoms with Crippen LogP contribution in [0.4, 0.5) is 5.95 Å². The summed E-state index contributed by atoms with van der Waals surface area (Å²) in [4.78, 5) is 8.62. The lowest BCUT2D eigenvalue weighted by molar-refractivity contribution is 0.420. The van der Waals surface area contributed by atoms with Gasteiger partial charge in [0.2, 0.25) is 5.95 Å². The van der Waals surface area contributed by atoms with Crippen molar-refractivity contribution in [1.29, 1.82) is 0 Å². The first-order valence-electron chi connectivity index (χ1n) is 6.92. The van der Waals surface area contributed by atoms with Crippen molar-refractivity contribution in [1.82, 2.24) is 9.97 Å². The van der Waals surface area contributed by atoms with Gasteiger partial charge in [0.05, 0.1) is 12.8 Å². The fraction of sp³-hybridized carbons (Fsp3) is 0.176. The van der Waals surface area contributed by atoms with Crippen LogP contribution in [0.2, 0.25) is 0 Å². The number of anilines is 1. The molecular formula is C17H17N3O. The minimum Gasteiger partial charge on any atom is -0.496 e. The molecule has 0 spiro atoms. The van der Waals surface area contributed by atoms with Crippen LogP contribution >= 0.6 is 0 Å². The maximum Gasteiger partial charge on any atom is 0.220 e. The van der Waals surface area contributed by atoms with E-state index in [1.165, 1.54) is 0 Å². The van der Waals surface area contributed by atoms with Gasteiger partial charge in [-0.05, 0) is 30.0 Å². The van der Waals surface area contributed by atoms with Crippen LogP contribution in [-0.4, -0.2) is 17.1 Å². The number of aryl methyl sites for hydroxylation is 1. The van der Waals surface area contributed by atoms with E-state index in [9.17, 15) is 0 Å². The molecule has 0 saturated carbocycles. The van der Waals surface area contributed by atoms with Crippen molar-refractivity contribution in [2.45, 2.75) is 13.3 Å². The molecule has 0 saturated heterocycles. The van der Waals surface area contributed by atoms with E-state index in [1.54, 1.807) is 7.11 Å². The molecule has 0 fully saturated rings. The van der Waals surface area contributed by atoms with Gasteiger partial charge in [0.25, 0.3) is 0 Å². The number of rotatable bonds is 3. The maximum absolute atomic E-state index is 5.83. The molecule has 106 valence electrons. The van der Waals surface area contributed by atoms with Crippen molar-refractivity contribution in [3.63, 3.8) is 0 Å². The van der Waals surface area contributed by atoms with Crippen molar-refractivity contribution in [3.8, 4) is 17.0 Å². The van der Waals surface area contributed by atoms with Gasteiger partial charge in [-0.2, -0.15) is 0 Å². The predicted octanol–water partition coefficient (Wildman–Crippen LogP) is 3.45. The highest BCUT2D eigenvalue weighted by molar-refractivity contribution is 5.99. The van der Waals surface area contributed by atoms with Crippen LogP contribution in [0.25, 0.3) is 22.0 Å². The first-order chi connectivity index (χ1) is 10.2. The van der Waals surface area contributed by atoms with Crippen LogP contribution in [0.15, 0.2) is 42.5 Å². The summed E-state index contributed by atoms with van der Waals surface area (Å²) < 4.78 is 5.43. The molecule has 4 nitrogen and oxygen atoms in total. The molecule has 21 heavy (non-hydrogen) atoms. The molecule has 0 aliphatic carbocycles. The molecule has 0 aliphatic heterocycles. The first kappa shape index (κ1) is 13.4. The Labute approximate surface area is 123 Å². The highest BCUT2D eigenvalue weighted by atomic mass is 16.5. The fourth-order valence-corrected chi connectivity index (χ4v) is 2.51. The van der Waals surface area contributed by atoms with Crippen molar-refractivity contribution in [3.05, 3.63) is 48.2 Å². The van der Waals surface area contributed by atoms with E-state index in [1.807, 2.05) is 36.4 Å². The molecule has 0 amide bonds. The van der Waals surface area contributed by atoms with Crippen LogP contribution in [-0.2, 0) is 6.42 Å². The van der Waals surface area contributed by atoms with Crippen LogP contribution in [0.3, 0.4) is 0 Å². The number of nitrogens with two attached hydrogens (primary N) is 1. The van der Waals surface area contributed by atoms with Gasteiger partial charge in [-0.25, -0.2) is 9.97 Å².